The van der Waals surface area contributed by atoms with Gasteiger partial charge in [-0.15, -0.1) is 0 Å². The van der Waals surface area contributed by atoms with Crippen molar-refractivity contribution in [1.82, 2.24) is 0 Å². The molecule has 0 amide bonds. The summed E-state index contributed by atoms with van der Waals surface area (Å²) >= 11 is 0. The summed E-state index contributed by atoms with van der Waals surface area (Å²) in [6, 6.07) is 4.40. The Kier molecular flexibility index (Phi) is 19.0. The van der Waals surface area contributed by atoms with Crippen LogP contribution in [0.2, 0.25) is 0 Å². The molecule has 8 aliphatic rings. The number of rotatable bonds is 28. The third-order valence-corrected chi connectivity index (χ3v) is 19.7. The molecule has 4 heterocycles. The smallest absolute Gasteiger partial charge is 0.188 e. The van der Waals surface area contributed by atoms with E-state index in [-0.39, 0.29) is 38.0 Å². The van der Waals surface area contributed by atoms with Gasteiger partial charge in [0.25, 0.3) is 0 Å². The molecule has 6 heteroatoms. The van der Waals surface area contributed by atoms with Gasteiger partial charge in [-0.25, -0.2) is 0 Å². The summed E-state index contributed by atoms with van der Waals surface area (Å²) in [7, 11) is 3.51. The molecule has 0 spiro atoms. The predicted octanol–water partition coefficient (Wildman–Crippen LogP) is 18.8. The molecule has 3 fully saturated rings. The van der Waals surface area contributed by atoms with Crippen LogP contribution in [0.4, 0.5) is 0 Å². The molecule has 10 atom stereocenters. The zero-order valence-electron chi connectivity index (χ0n) is 46.0. The molecule has 6 nitrogen and oxygen atoms in total. The molecule has 72 heavy (non-hydrogen) atoms. The molecule has 4 aliphatic carbocycles. The van der Waals surface area contributed by atoms with Gasteiger partial charge in [0.15, 0.2) is 13.6 Å². The molecule has 4 aliphatic heterocycles. The van der Waals surface area contributed by atoms with E-state index in [1.165, 1.54) is 229 Å². The molecule has 1 saturated heterocycles. The molecule has 0 radical (unpaired) electrons. The molecular weight excluding hydrogens is 889 g/mol. The molecular formula is C66H98O6. The van der Waals surface area contributed by atoms with Gasteiger partial charge in [0.1, 0.15) is 23.7 Å². The van der Waals surface area contributed by atoms with Crippen LogP contribution in [0.5, 0.6) is 11.5 Å². The van der Waals surface area contributed by atoms with Crippen LogP contribution in [0.3, 0.4) is 0 Å². The minimum absolute atomic E-state index is 0.106. The Balaban J connectivity index is 1.04. The predicted molar refractivity (Wildman–Crippen MR) is 293 cm³/mol. The van der Waals surface area contributed by atoms with E-state index in [1.807, 2.05) is 11.1 Å². The highest BCUT2D eigenvalue weighted by Crippen LogP contribution is 2.73. The highest BCUT2D eigenvalue weighted by atomic mass is 16.7. The Labute approximate surface area is 437 Å². The minimum Gasteiger partial charge on any atom is -0.467 e. The van der Waals surface area contributed by atoms with Crippen LogP contribution in [0.15, 0.2) is 35.4 Å². The van der Waals surface area contributed by atoms with Gasteiger partial charge in [0.2, 0.25) is 0 Å². The van der Waals surface area contributed by atoms with Gasteiger partial charge in [-0.2, -0.15) is 0 Å². The summed E-state index contributed by atoms with van der Waals surface area (Å²) in [5, 5.41) is 0. The van der Waals surface area contributed by atoms with Gasteiger partial charge in [0, 0.05) is 49.0 Å². The van der Waals surface area contributed by atoms with Crippen molar-refractivity contribution in [1.29, 1.82) is 0 Å². The lowest BCUT2D eigenvalue weighted by atomic mass is 9.50. The van der Waals surface area contributed by atoms with Crippen LogP contribution in [-0.2, 0) is 31.8 Å². The third kappa shape index (κ3) is 10.8. The summed E-state index contributed by atoms with van der Waals surface area (Å²) in [5.74, 6) is 4.71. The lowest BCUT2D eigenvalue weighted by molar-refractivity contribution is 0.0462. The number of ether oxygens (including phenoxy) is 6. The minimum atomic E-state index is 0.106. The molecule has 2 saturated carbocycles. The van der Waals surface area contributed by atoms with Crippen molar-refractivity contribution in [3.8, 4) is 11.5 Å². The molecule has 10 rings (SSSR count). The standard InChI is InChI=1S/C66H98O6/c1-5-7-9-11-13-15-17-19-21-27-37-49-59-53-41-42-54(71-53)60(59)50(38-28-22-20-18-16-14-12-10-8-6-2)64-63(49)65-61-47-35-31-25-23-29-33-45-55(47)56-46(34-30-24-26-32-36-48(56)62(61)66(64)72-65)58-52(70-44-68-4)40-39-51(57(45)58)69-43-67-3/h39-42,45-48,53-54,61-62,65-66H,5-38,43-44H2,1-4H3/t45-,46+,47-,48+,53-,54+,61+,62-,65+,66-. The zero-order valence-corrected chi connectivity index (χ0v) is 46.0. The second kappa shape index (κ2) is 25.9. The van der Waals surface area contributed by atoms with Crippen LogP contribution in [-0.4, -0.2) is 27.8 Å². The first-order chi connectivity index (χ1) is 35.7. The van der Waals surface area contributed by atoms with Gasteiger partial charge >= 0.3 is 0 Å². The van der Waals surface area contributed by atoms with E-state index in [9.17, 15) is 0 Å². The van der Waals surface area contributed by atoms with Gasteiger partial charge in [-0.1, -0.05) is 204 Å². The lowest BCUT2D eigenvalue weighted by Gasteiger charge is -2.53. The molecule has 0 N–H and O–H groups in total. The highest BCUT2D eigenvalue weighted by Gasteiger charge is 2.64. The molecule has 2 aromatic carbocycles. The van der Waals surface area contributed by atoms with E-state index in [0.717, 1.165) is 11.5 Å². The summed E-state index contributed by atoms with van der Waals surface area (Å²) in [5.41, 5.74) is 16.4. The van der Waals surface area contributed by atoms with Gasteiger partial charge in [-0.05, 0) is 109 Å². The fourth-order valence-electron chi connectivity index (χ4n) is 16.7. The van der Waals surface area contributed by atoms with Gasteiger partial charge < -0.3 is 28.4 Å². The maximum absolute atomic E-state index is 8.00. The Morgan fingerprint density at radius 1 is 0.417 bits per heavy atom. The van der Waals surface area contributed by atoms with Crippen molar-refractivity contribution >= 4 is 0 Å². The fraction of sp³-hybridized carbons (Fsp3) is 0.758. The second-order valence-corrected chi connectivity index (χ2v) is 24.2. The summed E-state index contributed by atoms with van der Waals surface area (Å²) in [6.45, 7) is 5.17. The lowest BCUT2D eigenvalue weighted by Crippen LogP contribution is -2.44. The van der Waals surface area contributed by atoms with E-state index >= 15 is 0 Å². The topological polar surface area (TPSA) is 55.4 Å². The van der Waals surface area contributed by atoms with Gasteiger partial charge in [-0.3, -0.25) is 0 Å². The summed E-state index contributed by atoms with van der Waals surface area (Å²) in [6.07, 6.45) is 50.5. The van der Waals surface area contributed by atoms with Crippen molar-refractivity contribution < 1.29 is 28.4 Å². The molecule has 0 aromatic heterocycles. The monoisotopic (exact) mass is 987 g/mol. The number of hydrogen-bond donors (Lipinski definition) is 0. The largest absolute Gasteiger partial charge is 0.467 e. The Hall–Kier alpha value is -2.64. The first-order valence-corrected chi connectivity index (χ1v) is 31.0. The van der Waals surface area contributed by atoms with E-state index in [0.29, 0.717) is 35.5 Å². The SMILES string of the molecule is CCCCCCCCCCCCc1c2c(c(CCCCCCCCCCCC)c3c1[C@H]1C=C[C@@H]3O1)[C@@H]1O[C@H]2[C@@H]2[C@H]1[C@H]1CCCCCC[C@H]3C1=C1[C@@H](CCCCCC[C@H]12)c1c(OCOC)ccc(OCOC)c13. The summed E-state index contributed by atoms with van der Waals surface area (Å²) in [4.78, 5) is 0. The number of allylic oxidation sites excluding steroid dienone is 2. The van der Waals surface area contributed by atoms with E-state index in [4.69, 9.17) is 28.4 Å². The van der Waals surface area contributed by atoms with Crippen molar-refractivity contribution in [2.24, 2.45) is 23.7 Å². The van der Waals surface area contributed by atoms with Crippen molar-refractivity contribution in [3.05, 3.63) is 79.9 Å². The highest BCUT2D eigenvalue weighted by molar-refractivity contribution is 5.65. The van der Waals surface area contributed by atoms with E-state index in [1.54, 1.807) is 47.6 Å². The Morgan fingerprint density at radius 2 is 0.792 bits per heavy atom. The normalized spacial score (nSPS) is 28.6. The second-order valence-electron chi connectivity index (χ2n) is 24.2. The Bertz CT molecular complexity index is 1990. The quantitative estimate of drug-likeness (QED) is 0.0481. The average Bonchev–Trinajstić information content (AvgIpc) is 4.22. The van der Waals surface area contributed by atoms with E-state index in [2.05, 4.69) is 38.1 Å². The fourth-order valence-corrected chi connectivity index (χ4v) is 16.7. The molecule has 2 aromatic rings. The number of fused-ring (bicyclic) bond motifs is 18. The maximum Gasteiger partial charge on any atom is 0.188 e. The van der Waals surface area contributed by atoms with Crippen LogP contribution in [0, 0.1) is 23.7 Å². The van der Waals surface area contributed by atoms with Crippen LogP contribution >= 0.6 is 0 Å². The van der Waals surface area contributed by atoms with Crippen LogP contribution in [0.25, 0.3) is 0 Å². The van der Waals surface area contributed by atoms with Crippen molar-refractivity contribution in [2.75, 3.05) is 27.8 Å². The summed E-state index contributed by atoms with van der Waals surface area (Å²) < 4.78 is 39.7. The van der Waals surface area contributed by atoms with Gasteiger partial charge in [0.05, 0.1) is 12.2 Å². The van der Waals surface area contributed by atoms with Crippen molar-refractivity contribution in [3.63, 3.8) is 0 Å². The van der Waals surface area contributed by atoms with E-state index < -0.39 is 0 Å². The number of unbranched alkanes of at least 4 members (excludes halogenated alkanes) is 18. The number of benzene rings is 2. The first-order valence-electron chi connectivity index (χ1n) is 31.0. The first kappa shape index (κ1) is 52.8. The van der Waals surface area contributed by atoms with Crippen molar-refractivity contribution in [2.45, 2.75) is 268 Å². The molecule has 0 unspecified atom stereocenters. The van der Waals surface area contributed by atoms with Crippen LogP contribution < -0.4 is 9.47 Å². The third-order valence-electron chi connectivity index (χ3n) is 19.7. The average molecular weight is 988 g/mol. The number of methoxy groups -OCH3 is 2. The zero-order chi connectivity index (χ0) is 49.2. The van der Waals surface area contributed by atoms with Crippen LogP contribution in [0.1, 0.15) is 300 Å². The number of hydrogen-bond acceptors (Lipinski definition) is 6. The molecule has 398 valence electrons. The Morgan fingerprint density at radius 3 is 1.18 bits per heavy atom. The molecule has 4 bridgehead atoms. The maximum atomic E-state index is 8.00.